The van der Waals surface area contributed by atoms with Gasteiger partial charge in [0.1, 0.15) is 0 Å². The van der Waals surface area contributed by atoms with E-state index < -0.39 is 0 Å². The van der Waals surface area contributed by atoms with Crippen LogP contribution in [0.1, 0.15) is 56.2 Å². The van der Waals surface area contributed by atoms with E-state index in [1.807, 2.05) is 0 Å². The van der Waals surface area contributed by atoms with Crippen molar-refractivity contribution in [3.8, 4) is 0 Å². The molecule has 0 nitrogen and oxygen atoms in total. The fourth-order valence-corrected chi connectivity index (χ4v) is 4.01. The molecule has 0 spiro atoms. The van der Waals surface area contributed by atoms with Gasteiger partial charge in [-0.3, -0.25) is 0 Å². The van der Waals surface area contributed by atoms with E-state index in [1.54, 1.807) is 5.57 Å². The first kappa shape index (κ1) is 12.9. The molecule has 0 N–H and O–H groups in total. The quantitative estimate of drug-likeness (QED) is 0.605. The summed E-state index contributed by atoms with van der Waals surface area (Å²) in [5.41, 5.74) is 9.03. The average Bonchev–Trinajstić information content (AvgIpc) is 2.77. The Morgan fingerprint density at radius 3 is 2.62 bits per heavy atom. The van der Waals surface area contributed by atoms with E-state index in [4.69, 9.17) is 0 Å². The first-order valence-corrected chi connectivity index (χ1v) is 8.10. The smallest absolute Gasteiger partial charge is 0.0155 e. The number of hydrogen-bond donors (Lipinski definition) is 0. The Hall–Kier alpha value is -1.82. The molecule has 0 saturated heterocycles. The molecule has 4 rings (SSSR count). The molecule has 3 aliphatic carbocycles. The van der Waals surface area contributed by atoms with Crippen molar-refractivity contribution in [3.05, 3.63) is 70.8 Å². The van der Waals surface area contributed by atoms with Gasteiger partial charge in [0.15, 0.2) is 0 Å². The van der Waals surface area contributed by atoms with Crippen LogP contribution in [-0.2, 0) is 5.41 Å². The average molecular weight is 274 g/mol. The van der Waals surface area contributed by atoms with Gasteiger partial charge in [0.05, 0.1) is 0 Å². The highest BCUT2D eigenvalue weighted by molar-refractivity contribution is 5.85. The zero-order valence-electron chi connectivity index (χ0n) is 12.9. The summed E-state index contributed by atoms with van der Waals surface area (Å²) in [6, 6.07) is 7.10. The normalized spacial score (nSPS) is 22.1. The van der Waals surface area contributed by atoms with Gasteiger partial charge in [-0.15, -0.1) is 0 Å². The van der Waals surface area contributed by atoms with Crippen LogP contribution in [0.2, 0.25) is 0 Å². The molecule has 0 unspecified atom stereocenters. The summed E-state index contributed by atoms with van der Waals surface area (Å²) in [5, 5.41) is 0. The summed E-state index contributed by atoms with van der Waals surface area (Å²) < 4.78 is 0. The second kappa shape index (κ2) is 4.59. The highest BCUT2D eigenvalue weighted by Gasteiger charge is 2.37. The van der Waals surface area contributed by atoms with Gasteiger partial charge in [0.2, 0.25) is 0 Å². The van der Waals surface area contributed by atoms with Crippen LogP contribution in [-0.4, -0.2) is 0 Å². The Kier molecular flexibility index (Phi) is 2.82. The molecule has 0 aliphatic heterocycles. The number of allylic oxidation sites excluding steroid dienone is 8. The van der Waals surface area contributed by atoms with Crippen LogP contribution in [0, 0.1) is 0 Å². The monoisotopic (exact) mass is 274 g/mol. The molecule has 0 heterocycles. The van der Waals surface area contributed by atoms with Crippen LogP contribution in [0.5, 0.6) is 0 Å². The van der Waals surface area contributed by atoms with Crippen LogP contribution < -0.4 is 0 Å². The van der Waals surface area contributed by atoms with Crippen molar-refractivity contribution in [1.82, 2.24) is 0 Å². The SMILES string of the molecule is CC1(C)C2=C(CCC=C2)c2ccc(C3=CCCC=C3)cc21. The second-order valence-electron chi connectivity index (χ2n) is 6.86. The molecule has 21 heavy (non-hydrogen) atoms. The predicted octanol–water partition coefficient (Wildman–Crippen LogP) is 5.81. The maximum absolute atomic E-state index is 2.43. The summed E-state index contributed by atoms with van der Waals surface area (Å²) in [4.78, 5) is 0. The van der Waals surface area contributed by atoms with Crippen LogP contribution in [0.15, 0.2) is 54.2 Å². The van der Waals surface area contributed by atoms with Crippen LogP contribution >= 0.6 is 0 Å². The van der Waals surface area contributed by atoms with Crippen molar-refractivity contribution in [3.63, 3.8) is 0 Å². The highest BCUT2D eigenvalue weighted by Crippen LogP contribution is 2.50. The van der Waals surface area contributed by atoms with E-state index >= 15 is 0 Å². The summed E-state index contributed by atoms with van der Waals surface area (Å²) in [6.07, 6.45) is 16.4. The maximum atomic E-state index is 2.43. The Bertz CT molecular complexity index is 720. The third-order valence-corrected chi connectivity index (χ3v) is 5.19. The van der Waals surface area contributed by atoms with Gasteiger partial charge in [-0.2, -0.15) is 0 Å². The molecule has 0 heteroatoms. The first-order chi connectivity index (χ1) is 10.2. The summed E-state index contributed by atoms with van der Waals surface area (Å²) in [5.74, 6) is 0. The second-order valence-corrected chi connectivity index (χ2v) is 6.86. The van der Waals surface area contributed by atoms with Gasteiger partial charge >= 0.3 is 0 Å². The minimum Gasteiger partial charge on any atom is -0.0839 e. The Morgan fingerprint density at radius 1 is 0.952 bits per heavy atom. The lowest BCUT2D eigenvalue weighted by atomic mass is 9.79. The molecule has 0 saturated carbocycles. The van der Waals surface area contributed by atoms with E-state index in [9.17, 15) is 0 Å². The Labute approximate surface area is 127 Å². The van der Waals surface area contributed by atoms with Crippen molar-refractivity contribution in [1.29, 1.82) is 0 Å². The standard InChI is InChI=1S/C21H22/c1-21(2)19-11-7-6-10-17(19)18-13-12-16(14-20(18)21)15-8-4-3-5-9-15/h4,7-9,11-14H,3,5-6,10H2,1-2H3. The molecule has 1 aromatic rings. The van der Waals surface area contributed by atoms with Crippen molar-refractivity contribution in [2.45, 2.75) is 44.9 Å². The zero-order chi connectivity index (χ0) is 14.4. The predicted molar refractivity (Wildman–Crippen MR) is 91.1 cm³/mol. The van der Waals surface area contributed by atoms with Crippen molar-refractivity contribution in [2.75, 3.05) is 0 Å². The maximum Gasteiger partial charge on any atom is 0.0155 e. The molecule has 1 aromatic carbocycles. The fraction of sp³-hybridized carbons (Fsp3) is 0.333. The lowest BCUT2D eigenvalue weighted by Gasteiger charge is -2.24. The van der Waals surface area contributed by atoms with Gasteiger partial charge in [-0.25, -0.2) is 0 Å². The minimum atomic E-state index is 0.149. The van der Waals surface area contributed by atoms with Crippen LogP contribution in [0.25, 0.3) is 11.1 Å². The summed E-state index contributed by atoms with van der Waals surface area (Å²) >= 11 is 0. The van der Waals surface area contributed by atoms with Gasteiger partial charge in [0.25, 0.3) is 0 Å². The van der Waals surface area contributed by atoms with Gasteiger partial charge in [-0.05, 0) is 65.2 Å². The lowest BCUT2D eigenvalue weighted by Crippen LogP contribution is -2.16. The molecule has 0 aromatic heterocycles. The van der Waals surface area contributed by atoms with Crippen molar-refractivity contribution in [2.24, 2.45) is 0 Å². The first-order valence-electron chi connectivity index (χ1n) is 8.10. The van der Waals surface area contributed by atoms with Gasteiger partial charge in [0, 0.05) is 5.41 Å². The number of benzene rings is 1. The zero-order valence-corrected chi connectivity index (χ0v) is 12.9. The molecule has 0 fully saturated rings. The fourth-order valence-electron chi connectivity index (χ4n) is 4.01. The Morgan fingerprint density at radius 2 is 1.81 bits per heavy atom. The van der Waals surface area contributed by atoms with E-state index in [2.05, 4.69) is 62.4 Å². The summed E-state index contributed by atoms with van der Waals surface area (Å²) in [6.45, 7) is 4.75. The van der Waals surface area contributed by atoms with Crippen molar-refractivity contribution >= 4 is 11.1 Å². The van der Waals surface area contributed by atoms with E-state index in [0.717, 1.165) is 0 Å². The number of hydrogen-bond acceptors (Lipinski definition) is 0. The minimum absolute atomic E-state index is 0.149. The topological polar surface area (TPSA) is 0 Å². The molecule has 0 amide bonds. The lowest BCUT2D eigenvalue weighted by molar-refractivity contribution is 0.651. The van der Waals surface area contributed by atoms with Gasteiger partial charge < -0.3 is 0 Å². The van der Waals surface area contributed by atoms with Crippen LogP contribution in [0.3, 0.4) is 0 Å². The molecule has 0 atom stereocenters. The van der Waals surface area contributed by atoms with Crippen molar-refractivity contribution < 1.29 is 0 Å². The largest absolute Gasteiger partial charge is 0.0839 e. The van der Waals surface area contributed by atoms with Crippen LogP contribution in [0.4, 0.5) is 0 Å². The number of fused-ring (bicyclic) bond motifs is 2. The molecular formula is C21H22. The highest BCUT2D eigenvalue weighted by atomic mass is 14.4. The third-order valence-electron chi connectivity index (χ3n) is 5.19. The molecular weight excluding hydrogens is 252 g/mol. The van der Waals surface area contributed by atoms with E-state index in [0.29, 0.717) is 0 Å². The molecule has 0 radical (unpaired) electrons. The van der Waals surface area contributed by atoms with Gasteiger partial charge in [-0.1, -0.05) is 56.4 Å². The molecule has 106 valence electrons. The summed E-state index contributed by atoms with van der Waals surface area (Å²) in [7, 11) is 0. The Balaban J connectivity index is 1.84. The molecule has 0 bridgehead atoms. The number of rotatable bonds is 1. The molecule has 3 aliphatic rings. The third kappa shape index (κ3) is 1.89. The van der Waals surface area contributed by atoms with E-state index in [1.165, 1.54) is 53.5 Å². The van der Waals surface area contributed by atoms with E-state index in [-0.39, 0.29) is 5.41 Å².